The molecule has 1 spiro atoms. The van der Waals surface area contributed by atoms with Gasteiger partial charge in [0.25, 0.3) is 5.91 Å². The van der Waals surface area contributed by atoms with Crippen molar-refractivity contribution in [1.29, 1.82) is 0 Å². The molecule has 3 aliphatic rings. The Morgan fingerprint density at radius 1 is 1.17 bits per heavy atom. The van der Waals surface area contributed by atoms with Crippen LogP contribution >= 0.6 is 0 Å². The Bertz CT molecular complexity index is 1110. The summed E-state index contributed by atoms with van der Waals surface area (Å²) in [5, 5.41) is 16.0. The standard InChI is InChI=1S/C26H33N5O4/c1-16-19(14-35-31-16)23(32)30-22(17-7-5-3-2-4-6-8-17)24(33)28-18-9-10-20-21(13-18)29-25(34)26(20)11-12-27-15-26/h9-10,13-14,17,22,27H,2-8,11-12,15H2,1H3,(H,28,33)(H,29,34)(H,30,32). The monoisotopic (exact) mass is 479 g/mol. The largest absolute Gasteiger partial charge is 0.364 e. The van der Waals surface area contributed by atoms with Gasteiger partial charge in [0.15, 0.2) is 0 Å². The molecule has 3 amide bonds. The lowest BCUT2D eigenvalue weighted by atomic mass is 9.81. The van der Waals surface area contributed by atoms with Gasteiger partial charge in [0.1, 0.15) is 17.9 Å². The molecule has 1 aromatic carbocycles. The number of aromatic nitrogens is 1. The highest BCUT2D eigenvalue weighted by atomic mass is 16.5. The number of hydrogen-bond donors (Lipinski definition) is 4. The minimum Gasteiger partial charge on any atom is -0.364 e. The van der Waals surface area contributed by atoms with Crippen LogP contribution in [0, 0.1) is 12.8 Å². The van der Waals surface area contributed by atoms with E-state index in [1.165, 1.54) is 12.7 Å². The van der Waals surface area contributed by atoms with E-state index < -0.39 is 11.5 Å². The average molecular weight is 480 g/mol. The van der Waals surface area contributed by atoms with Crippen LogP contribution in [0.25, 0.3) is 0 Å². The van der Waals surface area contributed by atoms with E-state index in [-0.39, 0.29) is 23.6 Å². The summed E-state index contributed by atoms with van der Waals surface area (Å²) in [4.78, 5) is 39.3. The lowest BCUT2D eigenvalue weighted by Gasteiger charge is -2.28. The topological polar surface area (TPSA) is 125 Å². The predicted molar refractivity (Wildman–Crippen MR) is 131 cm³/mol. The molecule has 2 aliphatic heterocycles. The maximum Gasteiger partial charge on any atom is 0.257 e. The number of hydrogen-bond acceptors (Lipinski definition) is 6. The number of aryl methyl sites for hydroxylation is 1. The number of benzene rings is 1. The minimum atomic E-state index is -0.678. The number of fused-ring (bicyclic) bond motifs is 2. The van der Waals surface area contributed by atoms with Gasteiger partial charge in [0.05, 0.1) is 11.1 Å². The number of carbonyl (C=O) groups excluding carboxylic acids is 3. The van der Waals surface area contributed by atoms with Gasteiger partial charge in [-0.15, -0.1) is 0 Å². The van der Waals surface area contributed by atoms with Gasteiger partial charge in [-0.2, -0.15) is 0 Å². The molecule has 2 atom stereocenters. The van der Waals surface area contributed by atoms with E-state index in [0.29, 0.717) is 23.5 Å². The second-order valence-corrected chi connectivity index (χ2v) is 10.1. The maximum atomic E-state index is 13.6. The molecule has 0 radical (unpaired) electrons. The number of rotatable bonds is 5. The van der Waals surface area contributed by atoms with Crippen LogP contribution in [0.2, 0.25) is 0 Å². The highest BCUT2D eigenvalue weighted by molar-refractivity contribution is 6.08. The summed E-state index contributed by atoms with van der Waals surface area (Å²) in [6.45, 7) is 3.13. The summed E-state index contributed by atoms with van der Waals surface area (Å²) < 4.78 is 4.93. The molecule has 1 aliphatic carbocycles. The molecule has 35 heavy (non-hydrogen) atoms. The Morgan fingerprint density at radius 3 is 2.63 bits per heavy atom. The molecule has 2 aromatic rings. The summed E-state index contributed by atoms with van der Waals surface area (Å²) in [6.07, 6.45) is 9.43. The van der Waals surface area contributed by atoms with Crippen LogP contribution in [0.3, 0.4) is 0 Å². The van der Waals surface area contributed by atoms with Crippen LogP contribution < -0.4 is 21.3 Å². The molecule has 9 nitrogen and oxygen atoms in total. The molecule has 1 saturated heterocycles. The fourth-order valence-electron chi connectivity index (χ4n) is 5.79. The first kappa shape index (κ1) is 23.5. The second-order valence-electron chi connectivity index (χ2n) is 10.1. The van der Waals surface area contributed by atoms with E-state index in [1.807, 2.05) is 18.2 Å². The number of amides is 3. The lowest BCUT2D eigenvalue weighted by Crippen LogP contribution is -2.48. The van der Waals surface area contributed by atoms with E-state index in [1.54, 1.807) is 6.92 Å². The maximum absolute atomic E-state index is 13.6. The number of anilines is 2. The smallest absolute Gasteiger partial charge is 0.257 e. The minimum absolute atomic E-state index is 0.00438. The molecule has 1 aromatic heterocycles. The molecule has 2 fully saturated rings. The third kappa shape index (κ3) is 4.57. The summed E-state index contributed by atoms with van der Waals surface area (Å²) >= 11 is 0. The molecule has 4 N–H and O–H groups in total. The van der Waals surface area contributed by atoms with E-state index in [0.717, 1.165) is 62.7 Å². The van der Waals surface area contributed by atoms with Crippen molar-refractivity contribution in [3.05, 3.63) is 41.3 Å². The Kier molecular flexibility index (Phi) is 6.60. The van der Waals surface area contributed by atoms with Gasteiger partial charge in [0.2, 0.25) is 11.8 Å². The van der Waals surface area contributed by atoms with Crippen LogP contribution in [0.1, 0.15) is 73.0 Å². The van der Waals surface area contributed by atoms with Gasteiger partial charge in [-0.3, -0.25) is 14.4 Å². The third-order valence-electron chi connectivity index (χ3n) is 7.83. The van der Waals surface area contributed by atoms with Crippen molar-refractivity contribution in [3.63, 3.8) is 0 Å². The zero-order valence-corrected chi connectivity index (χ0v) is 20.1. The number of carbonyl (C=O) groups is 3. The van der Waals surface area contributed by atoms with Gasteiger partial charge < -0.3 is 25.8 Å². The zero-order valence-electron chi connectivity index (χ0n) is 20.1. The summed E-state index contributed by atoms with van der Waals surface area (Å²) in [5.74, 6) is -0.562. The van der Waals surface area contributed by atoms with Crippen LogP contribution in [0.5, 0.6) is 0 Å². The summed E-state index contributed by atoms with van der Waals surface area (Å²) in [5.41, 5.74) is 2.61. The van der Waals surface area contributed by atoms with Crippen molar-refractivity contribution in [3.8, 4) is 0 Å². The molecule has 3 heterocycles. The first-order valence-electron chi connectivity index (χ1n) is 12.7. The molecule has 9 heteroatoms. The van der Waals surface area contributed by atoms with Crippen LogP contribution in [-0.2, 0) is 15.0 Å². The fraction of sp³-hybridized carbons (Fsp3) is 0.538. The van der Waals surface area contributed by atoms with Gasteiger partial charge in [0, 0.05) is 17.9 Å². The molecule has 0 bridgehead atoms. The van der Waals surface area contributed by atoms with Crippen LogP contribution in [-0.4, -0.2) is 42.0 Å². The van der Waals surface area contributed by atoms with Crippen LogP contribution in [0.15, 0.2) is 29.0 Å². The van der Waals surface area contributed by atoms with Crippen molar-refractivity contribution in [2.24, 2.45) is 5.92 Å². The van der Waals surface area contributed by atoms with E-state index in [2.05, 4.69) is 26.4 Å². The molecular formula is C26H33N5O4. The quantitative estimate of drug-likeness (QED) is 0.522. The third-order valence-corrected chi connectivity index (χ3v) is 7.83. The Labute approximate surface area is 204 Å². The summed E-state index contributed by atoms with van der Waals surface area (Å²) in [6, 6.07) is 4.92. The first-order chi connectivity index (χ1) is 17.0. The lowest BCUT2D eigenvalue weighted by molar-refractivity contribution is -0.120. The second kappa shape index (κ2) is 9.81. The SMILES string of the molecule is Cc1nocc1C(=O)NC(C(=O)Nc1ccc2c(c1)NC(=O)C21CCNC1)C1CCCCCCC1. The highest BCUT2D eigenvalue weighted by Gasteiger charge is 2.48. The fourth-order valence-corrected chi connectivity index (χ4v) is 5.79. The predicted octanol–water partition coefficient (Wildman–Crippen LogP) is 3.26. The van der Waals surface area contributed by atoms with E-state index in [9.17, 15) is 14.4 Å². The van der Waals surface area contributed by atoms with Gasteiger partial charge in [-0.25, -0.2) is 0 Å². The Morgan fingerprint density at radius 2 is 1.94 bits per heavy atom. The first-order valence-corrected chi connectivity index (χ1v) is 12.7. The number of nitrogens with zero attached hydrogens (tertiary/aromatic N) is 1. The Balaban J connectivity index is 1.36. The van der Waals surface area contributed by atoms with Crippen molar-refractivity contribution in [2.45, 2.75) is 69.7 Å². The van der Waals surface area contributed by atoms with E-state index >= 15 is 0 Å². The van der Waals surface area contributed by atoms with E-state index in [4.69, 9.17) is 4.52 Å². The van der Waals surface area contributed by atoms with Crippen molar-refractivity contribution in [1.82, 2.24) is 15.8 Å². The average Bonchev–Trinajstić information content (AvgIpc) is 3.53. The Hall–Kier alpha value is -3.20. The van der Waals surface area contributed by atoms with Gasteiger partial charge in [-0.05, 0) is 56.3 Å². The molecular weight excluding hydrogens is 446 g/mol. The normalized spacial score (nSPS) is 23.3. The van der Waals surface area contributed by atoms with Crippen molar-refractivity contribution in [2.75, 3.05) is 23.7 Å². The zero-order chi connectivity index (χ0) is 24.4. The molecule has 1 saturated carbocycles. The highest BCUT2D eigenvalue weighted by Crippen LogP contribution is 2.43. The van der Waals surface area contributed by atoms with Gasteiger partial charge >= 0.3 is 0 Å². The molecule has 5 rings (SSSR count). The summed E-state index contributed by atoms with van der Waals surface area (Å²) in [7, 11) is 0. The number of nitrogens with one attached hydrogen (secondary N) is 4. The molecule has 2 unspecified atom stereocenters. The molecule has 186 valence electrons. The van der Waals surface area contributed by atoms with Crippen LogP contribution in [0.4, 0.5) is 11.4 Å². The van der Waals surface area contributed by atoms with Crippen molar-refractivity contribution >= 4 is 29.1 Å². The van der Waals surface area contributed by atoms with Crippen molar-refractivity contribution < 1.29 is 18.9 Å². The van der Waals surface area contributed by atoms with Gasteiger partial charge in [-0.1, -0.05) is 43.3 Å².